The van der Waals surface area contributed by atoms with E-state index in [1.807, 2.05) is 19.1 Å². The summed E-state index contributed by atoms with van der Waals surface area (Å²) >= 11 is 0. The van der Waals surface area contributed by atoms with Gasteiger partial charge in [0.1, 0.15) is 11.9 Å². The summed E-state index contributed by atoms with van der Waals surface area (Å²) in [5.74, 6) is -2.20. The molecule has 0 aromatic heterocycles. The van der Waals surface area contributed by atoms with E-state index in [0.717, 1.165) is 12.0 Å². The highest BCUT2D eigenvalue weighted by Gasteiger charge is 2.25. The minimum Gasteiger partial charge on any atom is -0.340 e. The quantitative estimate of drug-likeness (QED) is 0.668. The van der Waals surface area contributed by atoms with Gasteiger partial charge in [0.2, 0.25) is 0 Å². The Kier molecular flexibility index (Phi) is 7.26. The molecule has 6 nitrogen and oxygen atoms in total. The molecule has 7 heteroatoms. The smallest absolute Gasteiger partial charge is 0.269 e. The number of carbonyl (C=O) groups is 3. The second-order valence-corrected chi connectivity index (χ2v) is 6.70. The Morgan fingerprint density at radius 3 is 1.93 bits per heavy atom. The molecule has 0 fully saturated rings. The fourth-order valence-corrected chi connectivity index (χ4v) is 2.52. The Morgan fingerprint density at radius 2 is 1.39 bits per heavy atom. The Bertz CT molecular complexity index is 833. The van der Waals surface area contributed by atoms with Crippen LogP contribution in [0.25, 0.3) is 0 Å². The van der Waals surface area contributed by atoms with Crippen molar-refractivity contribution < 1.29 is 18.8 Å². The van der Waals surface area contributed by atoms with Gasteiger partial charge in [0.05, 0.1) is 0 Å². The van der Waals surface area contributed by atoms with Crippen LogP contribution in [0.3, 0.4) is 0 Å². The van der Waals surface area contributed by atoms with Gasteiger partial charge < -0.3 is 5.32 Å². The van der Waals surface area contributed by atoms with Crippen molar-refractivity contribution >= 4 is 17.7 Å². The molecule has 0 saturated carbocycles. The van der Waals surface area contributed by atoms with Gasteiger partial charge in [-0.1, -0.05) is 32.9 Å². The summed E-state index contributed by atoms with van der Waals surface area (Å²) in [6, 6.07) is 11.2. The maximum Gasteiger partial charge on any atom is 0.269 e. The van der Waals surface area contributed by atoms with Crippen molar-refractivity contribution in [2.24, 2.45) is 5.92 Å². The monoisotopic (exact) mass is 385 g/mol. The molecule has 2 aromatic rings. The molecular formula is C21H24FN3O3. The first kappa shape index (κ1) is 21.1. The molecule has 2 rings (SSSR count). The average Bonchev–Trinajstić information content (AvgIpc) is 2.70. The number of nitrogens with one attached hydrogen (secondary N) is 3. The van der Waals surface area contributed by atoms with E-state index in [-0.39, 0.29) is 11.5 Å². The fourth-order valence-electron chi connectivity index (χ4n) is 2.52. The predicted molar refractivity (Wildman–Crippen MR) is 104 cm³/mol. The van der Waals surface area contributed by atoms with Crippen LogP contribution in [0.2, 0.25) is 0 Å². The maximum absolute atomic E-state index is 13.0. The lowest BCUT2D eigenvalue weighted by atomic mass is 10.0. The van der Waals surface area contributed by atoms with Crippen molar-refractivity contribution in [1.82, 2.24) is 16.2 Å². The van der Waals surface area contributed by atoms with E-state index < -0.39 is 29.6 Å². The number of carbonyl (C=O) groups excluding carboxylic acids is 3. The van der Waals surface area contributed by atoms with Crippen molar-refractivity contribution in [2.75, 3.05) is 0 Å². The third kappa shape index (κ3) is 5.64. The first-order valence-electron chi connectivity index (χ1n) is 9.07. The standard InChI is InChI=1S/C21H24FN3O3/c1-4-14-5-7-16(8-6-14)20(27)24-25-21(28)18(13(2)3)23-19(26)15-9-11-17(22)12-10-15/h5-13,18H,4H2,1-3H3,(H,23,26)(H,24,27)(H,25,28)/t18-/m0/s1. The van der Waals surface area contributed by atoms with Gasteiger partial charge in [-0.15, -0.1) is 0 Å². The van der Waals surface area contributed by atoms with Crippen LogP contribution in [0.5, 0.6) is 0 Å². The Balaban J connectivity index is 1.97. The molecule has 0 spiro atoms. The first-order valence-corrected chi connectivity index (χ1v) is 9.07. The van der Waals surface area contributed by atoms with Crippen LogP contribution in [-0.4, -0.2) is 23.8 Å². The van der Waals surface area contributed by atoms with Crippen LogP contribution >= 0.6 is 0 Å². The van der Waals surface area contributed by atoms with E-state index in [0.29, 0.717) is 5.56 Å². The zero-order valence-electron chi connectivity index (χ0n) is 16.1. The number of amides is 3. The summed E-state index contributed by atoms with van der Waals surface area (Å²) in [5, 5.41) is 2.61. The molecule has 0 saturated heterocycles. The normalized spacial score (nSPS) is 11.6. The second-order valence-electron chi connectivity index (χ2n) is 6.70. The van der Waals surface area contributed by atoms with Gasteiger partial charge in [-0.2, -0.15) is 0 Å². The molecule has 0 aliphatic heterocycles. The molecule has 0 heterocycles. The molecular weight excluding hydrogens is 361 g/mol. The molecule has 0 aliphatic rings. The van der Waals surface area contributed by atoms with Crippen LogP contribution < -0.4 is 16.2 Å². The zero-order chi connectivity index (χ0) is 20.7. The SMILES string of the molecule is CCc1ccc(C(=O)NNC(=O)[C@@H](NC(=O)c2ccc(F)cc2)C(C)C)cc1. The molecule has 28 heavy (non-hydrogen) atoms. The minimum atomic E-state index is -0.875. The molecule has 1 atom stereocenters. The number of hydrazine groups is 1. The number of rotatable bonds is 6. The summed E-state index contributed by atoms with van der Waals surface area (Å²) < 4.78 is 13.0. The minimum absolute atomic E-state index is 0.231. The van der Waals surface area contributed by atoms with Crippen molar-refractivity contribution in [3.05, 3.63) is 71.0 Å². The van der Waals surface area contributed by atoms with Crippen LogP contribution in [0.1, 0.15) is 47.1 Å². The number of benzene rings is 2. The Hall–Kier alpha value is -3.22. The lowest BCUT2D eigenvalue weighted by Gasteiger charge is -2.22. The average molecular weight is 385 g/mol. The highest BCUT2D eigenvalue weighted by Crippen LogP contribution is 2.07. The predicted octanol–water partition coefficient (Wildman–Crippen LogP) is 2.60. The lowest BCUT2D eigenvalue weighted by molar-refractivity contribution is -0.124. The molecule has 0 unspecified atom stereocenters. The van der Waals surface area contributed by atoms with E-state index in [4.69, 9.17) is 0 Å². The van der Waals surface area contributed by atoms with Crippen LogP contribution in [-0.2, 0) is 11.2 Å². The van der Waals surface area contributed by atoms with Crippen LogP contribution in [0.15, 0.2) is 48.5 Å². The van der Waals surface area contributed by atoms with Gasteiger partial charge in [-0.05, 0) is 54.3 Å². The van der Waals surface area contributed by atoms with E-state index in [1.54, 1.807) is 26.0 Å². The molecule has 3 amide bonds. The highest BCUT2D eigenvalue weighted by atomic mass is 19.1. The van der Waals surface area contributed by atoms with Gasteiger partial charge in [0.25, 0.3) is 17.7 Å². The molecule has 0 aliphatic carbocycles. The fraction of sp³-hybridized carbons (Fsp3) is 0.286. The molecule has 148 valence electrons. The molecule has 3 N–H and O–H groups in total. The summed E-state index contributed by atoms with van der Waals surface area (Å²) in [6.45, 7) is 5.54. The summed E-state index contributed by atoms with van der Waals surface area (Å²) in [7, 11) is 0. The van der Waals surface area contributed by atoms with E-state index in [2.05, 4.69) is 16.2 Å². The van der Waals surface area contributed by atoms with Crippen molar-refractivity contribution in [2.45, 2.75) is 33.2 Å². The van der Waals surface area contributed by atoms with Gasteiger partial charge in [-0.25, -0.2) is 4.39 Å². The topological polar surface area (TPSA) is 87.3 Å². The number of hydrogen-bond donors (Lipinski definition) is 3. The first-order chi connectivity index (χ1) is 13.3. The van der Waals surface area contributed by atoms with Crippen molar-refractivity contribution in [1.29, 1.82) is 0 Å². The van der Waals surface area contributed by atoms with Crippen molar-refractivity contribution in [3.8, 4) is 0 Å². The third-order valence-corrected chi connectivity index (χ3v) is 4.27. The number of halogens is 1. The lowest BCUT2D eigenvalue weighted by Crippen LogP contribution is -2.54. The molecule has 0 radical (unpaired) electrons. The van der Waals surface area contributed by atoms with E-state index >= 15 is 0 Å². The Morgan fingerprint density at radius 1 is 0.857 bits per heavy atom. The van der Waals surface area contributed by atoms with Gasteiger partial charge in [0, 0.05) is 11.1 Å². The van der Waals surface area contributed by atoms with E-state index in [1.165, 1.54) is 24.3 Å². The zero-order valence-corrected chi connectivity index (χ0v) is 16.1. The largest absolute Gasteiger partial charge is 0.340 e. The van der Waals surface area contributed by atoms with Crippen LogP contribution in [0, 0.1) is 11.7 Å². The summed E-state index contributed by atoms with van der Waals surface area (Å²) in [4.78, 5) is 36.9. The van der Waals surface area contributed by atoms with E-state index in [9.17, 15) is 18.8 Å². The Labute approximate surface area is 163 Å². The van der Waals surface area contributed by atoms with Crippen LogP contribution in [0.4, 0.5) is 4.39 Å². The summed E-state index contributed by atoms with van der Waals surface area (Å²) in [6.07, 6.45) is 0.864. The maximum atomic E-state index is 13.0. The number of hydrogen-bond acceptors (Lipinski definition) is 3. The second kappa shape index (κ2) is 9.64. The molecule has 0 bridgehead atoms. The van der Waals surface area contributed by atoms with Gasteiger partial charge in [0.15, 0.2) is 0 Å². The van der Waals surface area contributed by atoms with Gasteiger partial charge in [-0.3, -0.25) is 25.2 Å². The highest BCUT2D eigenvalue weighted by molar-refractivity contribution is 5.99. The van der Waals surface area contributed by atoms with Crippen molar-refractivity contribution in [3.63, 3.8) is 0 Å². The summed E-state index contributed by atoms with van der Waals surface area (Å²) in [5.41, 5.74) is 6.44. The van der Waals surface area contributed by atoms with Gasteiger partial charge >= 0.3 is 0 Å². The number of aryl methyl sites for hydroxylation is 1. The molecule has 2 aromatic carbocycles. The third-order valence-electron chi connectivity index (χ3n) is 4.27.